The summed E-state index contributed by atoms with van der Waals surface area (Å²) >= 11 is 7.54. The number of hydrogen-bond acceptors (Lipinski definition) is 5. The van der Waals surface area contributed by atoms with Crippen molar-refractivity contribution in [3.05, 3.63) is 64.7 Å². The Hall–Kier alpha value is -2.51. The predicted molar refractivity (Wildman–Crippen MR) is 97.3 cm³/mol. The van der Waals surface area contributed by atoms with E-state index in [-0.39, 0.29) is 6.01 Å². The van der Waals surface area contributed by atoms with E-state index in [0.29, 0.717) is 21.6 Å². The van der Waals surface area contributed by atoms with E-state index >= 15 is 0 Å². The Balaban J connectivity index is 1.91. The van der Waals surface area contributed by atoms with Gasteiger partial charge >= 0.3 is 12.1 Å². The molecule has 0 atom stereocenters. The van der Waals surface area contributed by atoms with E-state index in [1.165, 1.54) is 17.3 Å². The molecule has 6 nitrogen and oxygen atoms in total. The smallest absolute Gasteiger partial charge is 0.374 e. The lowest BCUT2D eigenvalue weighted by Gasteiger charge is -2.09. The van der Waals surface area contributed by atoms with Gasteiger partial charge in [0.2, 0.25) is 0 Å². The molecule has 0 spiro atoms. The van der Waals surface area contributed by atoms with E-state index in [0.717, 1.165) is 5.56 Å². The number of aryl methyl sites for hydroxylation is 1. The second-order valence-electron chi connectivity index (χ2n) is 5.28. The van der Waals surface area contributed by atoms with Gasteiger partial charge < -0.3 is 10.5 Å². The van der Waals surface area contributed by atoms with Gasteiger partial charge in [-0.05, 0) is 30.7 Å². The number of thioether (sulfide) groups is 1. The summed E-state index contributed by atoms with van der Waals surface area (Å²) in [5.41, 5.74) is 8.14. The molecule has 3 rings (SSSR count). The molecule has 0 unspecified atom stereocenters. The summed E-state index contributed by atoms with van der Waals surface area (Å²) in [5.74, 6) is 0.690. The lowest BCUT2D eigenvalue weighted by molar-refractivity contribution is 0.205. The Morgan fingerprint density at radius 3 is 2.68 bits per heavy atom. The molecular weight excluding hydrogens is 360 g/mol. The number of ether oxygens (including phenoxy) is 1. The molecule has 3 aromatic rings. The van der Waals surface area contributed by atoms with Crippen molar-refractivity contribution < 1.29 is 9.53 Å². The molecule has 1 heterocycles. The Morgan fingerprint density at radius 1 is 1.24 bits per heavy atom. The monoisotopic (exact) mass is 374 g/mol. The van der Waals surface area contributed by atoms with Crippen LogP contribution in [0.5, 0.6) is 6.01 Å². The van der Waals surface area contributed by atoms with Crippen molar-refractivity contribution in [3.8, 4) is 11.7 Å². The summed E-state index contributed by atoms with van der Waals surface area (Å²) in [4.78, 5) is 11.1. The van der Waals surface area contributed by atoms with Crippen molar-refractivity contribution in [3.63, 3.8) is 0 Å². The number of hydrogen-bond donors (Lipinski definition) is 1. The fourth-order valence-corrected chi connectivity index (χ4v) is 3.26. The number of aromatic nitrogens is 3. The molecule has 0 aliphatic carbocycles. The molecule has 0 bridgehead atoms. The highest BCUT2D eigenvalue weighted by atomic mass is 35.5. The predicted octanol–water partition coefficient (Wildman–Crippen LogP) is 3.98. The number of nitrogens with zero attached hydrogens (tertiary/aromatic N) is 3. The second kappa shape index (κ2) is 7.58. The van der Waals surface area contributed by atoms with E-state index in [4.69, 9.17) is 22.1 Å². The Bertz CT molecular complexity index is 896. The molecule has 0 aliphatic heterocycles. The fraction of sp³-hybridized carbons (Fsp3) is 0.118. The average Bonchev–Trinajstić information content (AvgIpc) is 2.96. The first-order valence-corrected chi connectivity index (χ1v) is 8.76. The minimum atomic E-state index is -0.953. The zero-order valence-electron chi connectivity index (χ0n) is 13.3. The van der Waals surface area contributed by atoms with Gasteiger partial charge in [0.25, 0.3) is 0 Å². The SMILES string of the molecule is Cc1ccc(CSc2nnc(OC(N)=O)n2-c2cccc(Cl)c2)cc1. The zero-order chi connectivity index (χ0) is 17.8. The van der Waals surface area contributed by atoms with Crippen LogP contribution in [0.4, 0.5) is 4.79 Å². The largest absolute Gasteiger partial charge is 0.412 e. The molecule has 128 valence electrons. The number of carbonyl (C=O) groups is 1. The maximum Gasteiger partial charge on any atom is 0.412 e. The summed E-state index contributed by atoms with van der Waals surface area (Å²) in [6.07, 6.45) is -0.953. The molecule has 0 saturated heterocycles. The van der Waals surface area contributed by atoms with Crippen LogP contribution >= 0.6 is 23.4 Å². The van der Waals surface area contributed by atoms with Crippen molar-refractivity contribution in [2.45, 2.75) is 17.8 Å². The second-order valence-corrected chi connectivity index (χ2v) is 6.65. The third kappa shape index (κ3) is 4.32. The van der Waals surface area contributed by atoms with Gasteiger partial charge in [0.05, 0.1) is 5.69 Å². The van der Waals surface area contributed by atoms with Crippen LogP contribution in [0.1, 0.15) is 11.1 Å². The van der Waals surface area contributed by atoms with Gasteiger partial charge in [0.1, 0.15) is 0 Å². The summed E-state index contributed by atoms with van der Waals surface area (Å²) < 4.78 is 6.57. The molecule has 0 saturated carbocycles. The molecule has 2 N–H and O–H groups in total. The number of halogens is 1. The summed E-state index contributed by atoms with van der Waals surface area (Å²) in [7, 11) is 0. The number of benzene rings is 2. The zero-order valence-corrected chi connectivity index (χ0v) is 14.9. The topological polar surface area (TPSA) is 83.0 Å². The van der Waals surface area contributed by atoms with Gasteiger partial charge in [-0.1, -0.05) is 64.4 Å². The van der Waals surface area contributed by atoms with Crippen molar-refractivity contribution in [2.75, 3.05) is 0 Å². The lowest BCUT2D eigenvalue weighted by Crippen LogP contribution is -2.18. The van der Waals surface area contributed by atoms with Crippen LogP contribution in [0.25, 0.3) is 5.69 Å². The lowest BCUT2D eigenvalue weighted by atomic mass is 10.2. The molecule has 2 aromatic carbocycles. The highest BCUT2D eigenvalue weighted by molar-refractivity contribution is 7.98. The number of primary amides is 1. The summed E-state index contributed by atoms with van der Waals surface area (Å²) in [5, 5.41) is 9.14. The Morgan fingerprint density at radius 2 is 2.00 bits per heavy atom. The summed E-state index contributed by atoms with van der Waals surface area (Å²) in [6, 6.07) is 15.3. The first-order chi connectivity index (χ1) is 12.0. The molecule has 0 aliphatic rings. The van der Waals surface area contributed by atoms with E-state index in [1.54, 1.807) is 22.8 Å². The van der Waals surface area contributed by atoms with E-state index < -0.39 is 6.09 Å². The molecule has 25 heavy (non-hydrogen) atoms. The van der Waals surface area contributed by atoms with Crippen molar-refractivity contribution >= 4 is 29.5 Å². The molecule has 8 heteroatoms. The number of nitrogens with two attached hydrogens (primary N) is 1. The van der Waals surface area contributed by atoms with E-state index in [9.17, 15) is 4.79 Å². The van der Waals surface area contributed by atoms with Gasteiger partial charge in [-0.25, -0.2) is 9.36 Å². The first kappa shape index (κ1) is 17.3. The average molecular weight is 375 g/mol. The third-order valence-corrected chi connectivity index (χ3v) is 4.59. The molecule has 0 fully saturated rings. The van der Waals surface area contributed by atoms with E-state index in [1.807, 2.05) is 13.0 Å². The van der Waals surface area contributed by atoms with Crippen LogP contribution in [0, 0.1) is 6.92 Å². The van der Waals surface area contributed by atoms with Crippen molar-refractivity contribution in [1.82, 2.24) is 14.8 Å². The number of amides is 1. The van der Waals surface area contributed by atoms with Crippen molar-refractivity contribution in [2.24, 2.45) is 5.73 Å². The quantitative estimate of drug-likeness (QED) is 0.683. The van der Waals surface area contributed by atoms with Crippen LogP contribution in [-0.4, -0.2) is 20.9 Å². The molecular formula is C17H15ClN4O2S. The first-order valence-electron chi connectivity index (χ1n) is 7.40. The minimum absolute atomic E-state index is 0.00109. The molecule has 1 aromatic heterocycles. The minimum Gasteiger partial charge on any atom is -0.374 e. The number of rotatable bonds is 5. The summed E-state index contributed by atoms with van der Waals surface area (Å²) in [6.45, 7) is 2.04. The van der Waals surface area contributed by atoms with Gasteiger partial charge in [0.15, 0.2) is 5.16 Å². The maximum atomic E-state index is 11.1. The highest BCUT2D eigenvalue weighted by Crippen LogP contribution is 2.29. The maximum absolute atomic E-state index is 11.1. The van der Waals surface area contributed by atoms with E-state index in [2.05, 4.69) is 34.5 Å². The fourth-order valence-electron chi connectivity index (χ4n) is 2.17. The van der Waals surface area contributed by atoms with Gasteiger partial charge in [-0.15, -0.1) is 5.10 Å². The third-order valence-electron chi connectivity index (χ3n) is 3.35. The van der Waals surface area contributed by atoms with Gasteiger partial charge in [-0.2, -0.15) is 0 Å². The van der Waals surface area contributed by atoms with Crippen LogP contribution in [0.15, 0.2) is 53.7 Å². The standard InChI is InChI=1S/C17H15ClN4O2S/c1-11-5-7-12(8-6-11)10-25-17-21-20-16(24-15(19)23)22(17)14-4-2-3-13(18)9-14/h2-9H,10H2,1H3,(H2,19,23). The number of carbonyl (C=O) groups excluding carboxylic acids is 1. The molecule has 0 radical (unpaired) electrons. The van der Waals surface area contributed by atoms with Crippen LogP contribution < -0.4 is 10.5 Å². The normalized spacial score (nSPS) is 10.6. The van der Waals surface area contributed by atoms with Crippen LogP contribution in [-0.2, 0) is 5.75 Å². The van der Waals surface area contributed by atoms with Crippen LogP contribution in [0.3, 0.4) is 0 Å². The Labute approximate surface area is 154 Å². The Kier molecular flexibility index (Phi) is 5.25. The van der Waals surface area contributed by atoms with Gasteiger partial charge in [0, 0.05) is 10.8 Å². The van der Waals surface area contributed by atoms with Gasteiger partial charge in [-0.3, -0.25) is 0 Å². The highest BCUT2D eigenvalue weighted by Gasteiger charge is 2.18. The van der Waals surface area contributed by atoms with Crippen LogP contribution in [0.2, 0.25) is 5.02 Å². The van der Waals surface area contributed by atoms with Crippen molar-refractivity contribution in [1.29, 1.82) is 0 Å². The molecule has 1 amide bonds.